The second-order valence-corrected chi connectivity index (χ2v) is 5.78. The Morgan fingerprint density at radius 1 is 1.42 bits per heavy atom. The number of piperidine rings is 1. The molecule has 2 N–H and O–H groups in total. The molecule has 9 nitrogen and oxygen atoms in total. The predicted octanol–water partition coefficient (Wildman–Crippen LogP) is 1.56. The van der Waals surface area contributed by atoms with Crippen LogP contribution in [0.5, 0.6) is 0 Å². The molecule has 124 valence electrons. The number of hydrogen-bond donors (Lipinski definition) is 1. The van der Waals surface area contributed by atoms with E-state index in [4.69, 9.17) is 5.73 Å². The summed E-state index contributed by atoms with van der Waals surface area (Å²) in [5, 5.41) is 24.5. The first-order valence-electron chi connectivity index (χ1n) is 7.59. The summed E-state index contributed by atoms with van der Waals surface area (Å²) in [6.07, 6.45) is 1.68. The minimum atomic E-state index is -0.492. The van der Waals surface area contributed by atoms with Crippen LogP contribution in [0.25, 0.3) is 0 Å². The van der Waals surface area contributed by atoms with Crippen molar-refractivity contribution < 1.29 is 4.92 Å². The molecule has 1 fully saturated rings. The lowest BCUT2D eigenvalue weighted by Crippen LogP contribution is -2.33. The third-order valence-corrected chi connectivity index (χ3v) is 4.33. The van der Waals surface area contributed by atoms with Crippen molar-refractivity contribution >= 4 is 17.3 Å². The van der Waals surface area contributed by atoms with E-state index in [0.29, 0.717) is 11.5 Å². The van der Waals surface area contributed by atoms with Gasteiger partial charge < -0.3 is 10.6 Å². The largest absolute Gasteiger partial charge is 0.370 e. The number of aryl methyl sites for hydroxylation is 1. The number of nitrogens with two attached hydrogens (primary N) is 1. The van der Waals surface area contributed by atoms with Crippen LogP contribution >= 0.6 is 0 Å². The zero-order chi connectivity index (χ0) is 17.3. The number of nitrogen functional groups attached to an aromatic ring is 1. The van der Waals surface area contributed by atoms with Crippen molar-refractivity contribution in [1.82, 2.24) is 14.8 Å². The van der Waals surface area contributed by atoms with Gasteiger partial charge >= 0.3 is 0 Å². The fraction of sp³-hybridized carbons (Fsp3) is 0.400. The summed E-state index contributed by atoms with van der Waals surface area (Å²) < 4.78 is 1.56. The van der Waals surface area contributed by atoms with Crippen molar-refractivity contribution in [3.8, 4) is 6.07 Å². The van der Waals surface area contributed by atoms with Crippen molar-refractivity contribution in [3.63, 3.8) is 0 Å². The van der Waals surface area contributed by atoms with E-state index in [9.17, 15) is 15.4 Å². The van der Waals surface area contributed by atoms with Crippen molar-refractivity contribution in [1.29, 1.82) is 5.26 Å². The topological polar surface area (TPSA) is 127 Å². The second kappa shape index (κ2) is 6.16. The summed E-state index contributed by atoms with van der Waals surface area (Å²) >= 11 is 0. The Morgan fingerprint density at radius 2 is 2.12 bits per heavy atom. The van der Waals surface area contributed by atoms with Crippen LogP contribution in [0.1, 0.15) is 30.1 Å². The molecule has 0 unspecified atom stereocenters. The Morgan fingerprint density at radius 3 is 2.67 bits per heavy atom. The van der Waals surface area contributed by atoms with Crippen LogP contribution in [0, 0.1) is 21.4 Å². The maximum absolute atomic E-state index is 10.8. The number of benzene rings is 1. The van der Waals surface area contributed by atoms with E-state index in [1.165, 1.54) is 12.1 Å². The van der Waals surface area contributed by atoms with E-state index < -0.39 is 4.92 Å². The minimum Gasteiger partial charge on any atom is -0.370 e. The number of non-ortho nitro benzene ring substituents is 1. The van der Waals surface area contributed by atoms with E-state index in [-0.39, 0.29) is 11.6 Å². The Bertz CT molecular complexity index is 796. The van der Waals surface area contributed by atoms with E-state index in [2.05, 4.69) is 21.1 Å². The van der Waals surface area contributed by atoms with Crippen LogP contribution in [0.2, 0.25) is 0 Å². The molecule has 0 amide bonds. The van der Waals surface area contributed by atoms with Crippen molar-refractivity contribution in [3.05, 3.63) is 39.7 Å². The minimum absolute atomic E-state index is 0.0710. The molecule has 1 aromatic heterocycles. The molecule has 0 radical (unpaired) electrons. The first-order valence-corrected chi connectivity index (χ1v) is 7.59. The fourth-order valence-corrected chi connectivity index (χ4v) is 2.97. The molecule has 0 aliphatic carbocycles. The average molecular weight is 327 g/mol. The van der Waals surface area contributed by atoms with E-state index >= 15 is 0 Å². The van der Waals surface area contributed by atoms with Gasteiger partial charge in [-0.15, -0.1) is 0 Å². The quantitative estimate of drug-likeness (QED) is 0.669. The molecule has 0 saturated carbocycles. The standard InChI is InChI=1S/C15H17N7O2/c1-20-15(17)18-14(19-20)10-4-6-21(7-5-10)13-3-2-12(22(23)24)8-11(13)9-16/h2-3,8,10H,4-7H2,1H3,(H2,17,18,19). The average Bonchev–Trinajstić information content (AvgIpc) is 2.93. The lowest BCUT2D eigenvalue weighted by Gasteiger charge is -2.33. The van der Waals surface area contributed by atoms with Crippen LogP contribution in [-0.2, 0) is 7.05 Å². The molecule has 1 aliphatic rings. The molecule has 0 bridgehead atoms. The molecule has 1 saturated heterocycles. The Labute approximate surface area is 138 Å². The number of rotatable bonds is 3. The lowest BCUT2D eigenvalue weighted by molar-refractivity contribution is -0.384. The van der Waals surface area contributed by atoms with E-state index in [0.717, 1.165) is 37.4 Å². The van der Waals surface area contributed by atoms with Gasteiger partial charge in [-0.05, 0) is 18.9 Å². The van der Waals surface area contributed by atoms with Gasteiger partial charge in [0.1, 0.15) is 6.07 Å². The highest BCUT2D eigenvalue weighted by Crippen LogP contribution is 2.32. The van der Waals surface area contributed by atoms with Crippen LogP contribution in [0.4, 0.5) is 17.3 Å². The Balaban J connectivity index is 1.75. The molecule has 2 aromatic rings. The van der Waals surface area contributed by atoms with Gasteiger partial charge in [0, 0.05) is 38.2 Å². The van der Waals surface area contributed by atoms with E-state index in [1.807, 2.05) is 0 Å². The number of nitro benzene ring substituents is 1. The molecule has 3 rings (SSSR count). The van der Waals surface area contributed by atoms with Gasteiger partial charge in [-0.2, -0.15) is 15.3 Å². The lowest BCUT2D eigenvalue weighted by atomic mass is 9.95. The smallest absolute Gasteiger partial charge is 0.270 e. The first kappa shape index (κ1) is 15.7. The van der Waals surface area contributed by atoms with Crippen LogP contribution in [0.3, 0.4) is 0 Å². The number of nitrogens with zero attached hydrogens (tertiary/aromatic N) is 6. The normalized spacial score (nSPS) is 15.2. The zero-order valence-corrected chi connectivity index (χ0v) is 13.2. The maximum atomic E-state index is 10.8. The highest BCUT2D eigenvalue weighted by Gasteiger charge is 2.26. The van der Waals surface area contributed by atoms with Crippen LogP contribution in [-0.4, -0.2) is 32.8 Å². The summed E-state index contributed by atoms with van der Waals surface area (Å²) in [7, 11) is 1.76. The van der Waals surface area contributed by atoms with Gasteiger partial charge in [-0.25, -0.2) is 4.68 Å². The SMILES string of the molecule is Cn1nc(C2CCN(c3ccc([N+](=O)[O-])cc3C#N)CC2)nc1N. The van der Waals surface area contributed by atoms with Crippen molar-refractivity contribution in [2.24, 2.45) is 7.05 Å². The maximum Gasteiger partial charge on any atom is 0.270 e. The number of nitro groups is 1. The molecule has 1 aromatic carbocycles. The molecule has 2 heterocycles. The van der Waals surface area contributed by atoms with Gasteiger partial charge in [0.25, 0.3) is 5.69 Å². The number of hydrogen-bond acceptors (Lipinski definition) is 7. The molecule has 24 heavy (non-hydrogen) atoms. The summed E-state index contributed by atoms with van der Waals surface area (Å²) in [5.74, 6) is 1.38. The molecular formula is C15H17N7O2. The third-order valence-electron chi connectivity index (χ3n) is 4.33. The number of aromatic nitrogens is 3. The third kappa shape index (κ3) is 2.86. The van der Waals surface area contributed by atoms with Gasteiger partial charge in [0.05, 0.1) is 16.2 Å². The highest BCUT2D eigenvalue weighted by atomic mass is 16.6. The highest BCUT2D eigenvalue weighted by molar-refractivity contribution is 5.63. The molecular weight excluding hydrogens is 310 g/mol. The summed E-state index contributed by atoms with van der Waals surface area (Å²) in [6, 6.07) is 6.45. The Kier molecular flexibility index (Phi) is 4.04. The Hall–Kier alpha value is -3.15. The first-order chi connectivity index (χ1) is 11.5. The van der Waals surface area contributed by atoms with Crippen molar-refractivity contribution in [2.45, 2.75) is 18.8 Å². The number of nitriles is 1. The van der Waals surface area contributed by atoms with Gasteiger partial charge in [0.2, 0.25) is 5.95 Å². The summed E-state index contributed by atoms with van der Waals surface area (Å²) in [4.78, 5) is 16.7. The van der Waals surface area contributed by atoms with Crippen LogP contribution in [0.15, 0.2) is 18.2 Å². The fourth-order valence-electron chi connectivity index (χ4n) is 2.97. The van der Waals surface area contributed by atoms with Gasteiger partial charge in [0.15, 0.2) is 5.82 Å². The summed E-state index contributed by atoms with van der Waals surface area (Å²) in [6.45, 7) is 1.46. The number of anilines is 2. The predicted molar refractivity (Wildman–Crippen MR) is 87.4 cm³/mol. The van der Waals surface area contributed by atoms with Gasteiger partial charge in [-0.3, -0.25) is 10.1 Å². The molecule has 0 atom stereocenters. The monoisotopic (exact) mass is 327 g/mol. The molecule has 9 heteroatoms. The van der Waals surface area contributed by atoms with E-state index in [1.54, 1.807) is 17.8 Å². The molecule has 0 spiro atoms. The van der Waals surface area contributed by atoms with Crippen molar-refractivity contribution in [2.75, 3.05) is 23.7 Å². The molecule has 1 aliphatic heterocycles. The summed E-state index contributed by atoms with van der Waals surface area (Å²) in [5.41, 5.74) is 6.71. The zero-order valence-electron chi connectivity index (χ0n) is 13.2. The van der Waals surface area contributed by atoms with Crippen LogP contribution < -0.4 is 10.6 Å². The van der Waals surface area contributed by atoms with Gasteiger partial charge in [-0.1, -0.05) is 0 Å². The second-order valence-electron chi connectivity index (χ2n) is 5.78.